The molecule has 2 heteroatoms. The number of aliphatic hydroxyl groups excluding tert-OH is 1. The van der Waals surface area contributed by atoms with Crippen LogP contribution in [-0.4, -0.2) is 34.7 Å². The van der Waals surface area contributed by atoms with Crippen LogP contribution in [-0.2, 0) is 0 Å². The first-order valence-corrected chi connectivity index (χ1v) is 6.21. The number of hydrogen-bond acceptors (Lipinski definition) is 2. The summed E-state index contributed by atoms with van der Waals surface area (Å²) in [6.45, 7) is 3.66. The third-order valence-electron chi connectivity index (χ3n) is 4.91. The molecule has 3 fully saturated rings. The van der Waals surface area contributed by atoms with E-state index < -0.39 is 0 Å². The Balaban J connectivity index is 1.87. The van der Waals surface area contributed by atoms with Gasteiger partial charge in [-0.3, -0.25) is 4.90 Å². The molecule has 1 aliphatic carbocycles. The maximum atomic E-state index is 10.0. The third kappa shape index (κ3) is 1.17. The molecule has 0 aromatic carbocycles. The zero-order valence-corrected chi connectivity index (χ0v) is 9.02. The van der Waals surface area contributed by atoms with Crippen LogP contribution < -0.4 is 0 Å². The Hall–Kier alpha value is -0.0800. The molecule has 80 valence electrons. The van der Waals surface area contributed by atoms with Gasteiger partial charge in [0.05, 0.1) is 6.10 Å². The molecule has 1 saturated carbocycles. The molecule has 0 unspecified atom stereocenters. The van der Waals surface area contributed by atoms with Gasteiger partial charge in [-0.05, 0) is 45.1 Å². The molecule has 0 amide bonds. The molecule has 2 bridgehead atoms. The van der Waals surface area contributed by atoms with Crippen LogP contribution in [0.25, 0.3) is 0 Å². The average molecular weight is 195 g/mol. The van der Waals surface area contributed by atoms with Gasteiger partial charge in [0.1, 0.15) is 0 Å². The van der Waals surface area contributed by atoms with Gasteiger partial charge in [0.15, 0.2) is 0 Å². The van der Waals surface area contributed by atoms with Gasteiger partial charge in [-0.25, -0.2) is 0 Å². The van der Waals surface area contributed by atoms with Crippen molar-refractivity contribution >= 4 is 0 Å². The van der Waals surface area contributed by atoms with Gasteiger partial charge < -0.3 is 5.11 Å². The third-order valence-corrected chi connectivity index (χ3v) is 4.91. The molecule has 0 spiro atoms. The summed E-state index contributed by atoms with van der Waals surface area (Å²) in [5, 5.41) is 10.0. The van der Waals surface area contributed by atoms with Crippen molar-refractivity contribution in [2.75, 3.05) is 6.54 Å². The summed E-state index contributed by atoms with van der Waals surface area (Å²) in [6.07, 6.45) is 6.45. The normalized spacial score (nSPS) is 53.1. The molecule has 0 radical (unpaired) electrons. The summed E-state index contributed by atoms with van der Waals surface area (Å²) in [4.78, 5) is 2.69. The highest BCUT2D eigenvalue weighted by atomic mass is 16.3. The minimum Gasteiger partial charge on any atom is -0.393 e. The molecule has 3 aliphatic rings. The minimum absolute atomic E-state index is 0.00977. The summed E-state index contributed by atoms with van der Waals surface area (Å²) in [5.74, 6) is 1.39. The number of piperidine rings is 2. The van der Waals surface area contributed by atoms with Gasteiger partial charge in [0, 0.05) is 18.0 Å². The number of nitrogens with zero attached hydrogens (tertiary/aromatic N) is 1. The average Bonchev–Trinajstić information content (AvgIpc) is 2.55. The van der Waals surface area contributed by atoms with Gasteiger partial charge in [-0.15, -0.1) is 0 Å². The quantitative estimate of drug-likeness (QED) is 0.635. The Labute approximate surface area is 86.3 Å². The van der Waals surface area contributed by atoms with Gasteiger partial charge in [0.2, 0.25) is 0 Å². The zero-order valence-electron chi connectivity index (χ0n) is 9.02. The summed E-state index contributed by atoms with van der Waals surface area (Å²) >= 11 is 0. The first-order chi connectivity index (χ1) is 6.77. The van der Waals surface area contributed by atoms with Crippen molar-refractivity contribution in [2.24, 2.45) is 11.8 Å². The number of fused-ring (bicyclic) bond motifs is 4. The number of rotatable bonds is 0. The highest BCUT2D eigenvalue weighted by Gasteiger charge is 2.49. The first kappa shape index (κ1) is 9.17. The second-order valence-electron chi connectivity index (χ2n) is 5.50. The summed E-state index contributed by atoms with van der Waals surface area (Å²) in [7, 11) is 0. The summed E-state index contributed by atoms with van der Waals surface area (Å²) in [5.41, 5.74) is 0. The molecular weight excluding hydrogens is 174 g/mol. The van der Waals surface area contributed by atoms with Crippen LogP contribution in [0, 0.1) is 11.8 Å². The van der Waals surface area contributed by atoms with E-state index in [4.69, 9.17) is 0 Å². The molecule has 2 nitrogen and oxygen atoms in total. The molecule has 0 aromatic rings. The Morgan fingerprint density at radius 1 is 1.21 bits per heavy atom. The highest BCUT2D eigenvalue weighted by Crippen LogP contribution is 2.46. The van der Waals surface area contributed by atoms with Gasteiger partial charge in [0.25, 0.3) is 0 Å². The minimum atomic E-state index is 0.00977. The lowest BCUT2D eigenvalue weighted by Crippen LogP contribution is -2.53. The molecule has 5 atom stereocenters. The van der Waals surface area contributed by atoms with Crippen LogP contribution >= 0.6 is 0 Å². The molecule has 1 N–H and O–H groups in total. The van der Waals surface area contributed by atoms with Crippen LogP contribution in [0.2, 0.25) is 0 Å². The van der Waals surface area contributed by atoms with Crippen molar-refractivity contribution in [3.05, 3.63) is 0 Å². The fraction of sp³-hybridized carbons (Fsp3) is 1.00. The second kappa shape index (κ2) is 3.21. The fourth-order valence-corrected chi connectivity index (χ4v) is 4.11. The van der Waals surface area contributed by atoms with E-state index in [-0.39, 0.29) is 6.10 Å². The molecule has 2 saturated heterocycles. The monoisotopic (exact) mass is 195 g/mol. The van der Waals surface area contributed by atoms with E-state index in [1.807, 2.05) is 0 Å². The largest absolute Gasteiger partial charge is 0.393 e. The van der Waals surface area contributed by atoms with Gasteiger partial charge in [-0.1, -0.05) is 6.42 Å². The number of aliphatic hydroxyl groups is 1. The molecule has 3 rings (SSSR count). The Morgan fingerprint density at radius 3 is 2.93 bits per heavy atom. The maximum absolute atomic E-state index is 10.0. The smallest absolute Gasteiger partial charge is 0.0586 e. The SMILES string of the molecule is C[C@@H]1[C@H]2C[C@H]([C@@H](O)C2)[C@@H]2CCCCN12. The first-order valence-electron chi connectivity index (χ1n) is 6.21. The predicted molar refractivity (Wildman–Crippen MR) is 56.0 cm³/mol. The van der Waals surface area contributed by atoms with E-state index in [0.29, 0.717) is 12.0 Å². The van der Waals surface area contributed by atoms with Crippen LogP contribution in [0.4, 0.5) is 0 Å². The van der Waals surface area contributed by atoms with Crippen LogP contribution in [0.15, 0.2) is 0 Å². The van der Waals surface area contributed by atoms with Crippen molar-refractivity contribution in [2.45, 2.75) is 57.2 Å². The van der Waals surface area contributed by atoms with Crippen LogP contribution in [0.5, 0.6) is 0 Å². The van der Waals surface area contributed by atoms with Crippen LogP contribution in [0.1, 0.15) is 39.0 Å². The predicted octanol–water partition coefficient (Wildman–Crippen LogP) is 1.63. The molecule has 2 aliphatic heterocycles. The summed E-state index contributed by atoms with van der Waals surface area (Å²) < 4.78 is 0. The summed E-state index contributed by atoms with van der Waals surface area (Å²) in [6, 6.07) is 1.45. The van der Waals surface area contributed by atoms with Crippen molar-refractivity contribution in [3.63, 3.8) is 0 Å². The second-order valence-corrected chi connectivity index (χ2v) is 5.50. The van der Waals surface area contributed by atoms with E-state index in [2.05, 4.69) is 11.8 Å². The highest BCUT2D eigenvalue weighted by molar-refractivity contribution is 5.02. The fourth-order valence-electron chi connectivity index (χ4n) is 4.11. The standard InChI is InChI=1S/C12H21NO/c1-8-9-6-10(12(14)7-9)11-4-2-3-5-13(8)11/h8-12,14H,2-7H2,1H3/t8-,9+,10+,11+,12+/m1/s1. The molecule has 2 heterocycles. The Morgan fingerprint density at radius 2 is 2.07 bits per heavy atom. The molecular formula is C12H21NO. The van der Waals surface area contributed by atoms with E-state index >= 15 is 0 Å². The molecule has 14 heavy (non-hydrogen) atoms. The van der Waals surface area contributed by atoms with E-state index in [9.17, 15) is 5.11 Å². The van der Waals surface area contributed by atoms with E-state index in [1.165, 1.54) is 32.2 Å². The van der Waals surface area contributed by atoms with Crippen molar-refractivity contribution < 1.29 is 5.11 Å². The van der Waals surface area contributed by atoms with Crippen molar-refractivity contribution in [1.82, 2.24) is 4.90 Å². The van der Waals surface area contributed by atoms with Crippen LogP contribution in [0.3, 0.4) is 0 Å². The molecule has 0 aromatic heterocycles. The lowest BCUT2D eigenvalue weighted by molar-refractivity contribution is -0.00610. The Bertz CT molecular complexity index is 230. The Kier molecular flexibility index (Phi) is 2.10. The lowest BCUT2D eigenvalue weighted by Gasteiger charge is -2.47. The number of hydrogen-bond donors (Lipinski definition) is 1. The van der Waals surface area contributed by atoms with E-state index in [0.717, 1.165) is 18.4 Å². The van der Waals surface area contributed by atoms with Crippen molar-refractivity contribution in [1.29, 1.82) is 0 Å². The van der Waals surface area contributed by atoms with Crippen molar-refractivity contribution in [3.8, 4) is 0 Å². The van der Waals surface area contributed by atoms with Gasteiger partial charge >= 0.3 is 0 Å². The van der Waals surface area contributed by atoms with Gasteiger partial charge in [-0.2, -0.15) is 0 Å². The lowest BCUT2D eigenvalue weighted by atomic mass is 9.81. The maximum Gasteiger partial charge on any atom is 0.0586 e. The van der Waals surface area contributed by atoms with E-state index in [1.54, 1.807) is 0 Å². The zero-order chi connectivity index (χ0) is 9.71. The topological polar surface area (TPSA) is 23.5 Å².